The average Bonchev–Trinajstić information content (AvgIpc) is 2.83. The van der Waals surface area contributed by atoms with E-state index >= 15 is 0 Å². The van der Waals surface area contributed by atoms with Crippen LogP contribution < -0.4 is 5.32 Å². The van der Waals surface area contributed by atoms with Gasteiger partial charge in [0, 0.05) is 18.9 Å². The Balaban J connectivity index is 1.53. The predicted octanol–water partition coefficient (Wildman–Crippen LogP) is 2.42. The van der Waals surface area contributed by atoms with Crippen LogP contribution in [-0.4, -0.2) is 36.7 Å². The zero-order valence-corrected chi connectivity index (χ0v) is 11.2. The summed E-state index contributed by atoms with van der Waals surface area (Å²) in [5.74, 6) is 1.27. The summed E-state index contributed by atoms with van der Waals surface area (Å²) < 4.78 is 5.49. The van der Waals surface area contributed by atoms with Crippen molar-refractivity contribution in [1.29, 1.82) is 0 Å². The summed E-state index contributed by atoms with van der Waals surface area (Å²) >= 11 is 1.94. The summed E-state index contributed by atoms with van der Waals surface area (Å²) in [4.78, 5) is 4.77. The van der Waals surface area contributed by atoms with Crippen LogP contribution in [0.15, 0.2) is 4.99 Å². The van der Waals surface area contributed by atoms with E-state index in [-0.39, 0.29) is 0 Å². The fourth-order valence-electron chi connectivity index (χ4n) is 3.10. The van der Waals surface area contributed by atoms with Gasteiger partial charge in [-0.15, -0.1) is 0 Å². The first-order chi connectivity index (χ1) is 8.36. The number of nitrogens with zero attached hydrogens (tertiary/aromatic N) is 1. The molecule has 1 aliphatic carbocycles. The molecule has 2 fully saturated rings. The molecular weight excluding hydrogens is 232 g/mol. The summed E-state index contributed by atoms with van der Waals surface area (Å²) in [6.07, 6.45) is 8.02. The summed E-state index contributed by atoms with van der Waals surface area (Å²) in [5.41, 5.74) is 0.554. The Morgan fingerprint density at radius 1 is 1.29 bits per heavy atom. The smallest absolute Gasteiger partial charge is 0.156 e. The summed E-state index contributed by atoms with van der Waals surface area (Å²) in [7, 11) is 0. The Morgan fingerprint density at radius 3 is 2.82 bits per heavy atom. The molecule has 96 valence electrons. The Hall–Kier alpha value is -0.220. The molecule has 0 aromatic heterocycles. The highest BCUT2D eigenvalue weighted by atomic mass is 32.2. The van der Waals surface area contributed by atoms with Gasteiger partial charge in [-0.05, 0) is 31.1 Å². The molecule has 0 amide bonds. The topological polar surface area (TPSA) is 33.6 Å². The summed E-state index contributed by atoms with van der Waals surface area (Å²) in [6, 6.07) is 0.493. The van der Waals surface area contributed by atoms with Gasteiger partial charge in [0.2, 0.25) is 0 Å². The molecule has 0 aromatic carbocycles. The third kappa shape index (κ3) is 2.79. The van der Waals surface area contributed by atoms with Crippen LogP contribution >= 0.6 is 11.8 Å². The van der Waals surface area contributed by atoms with Crippen LogP contribution in [0.4, 0.5) is 0 Å². The number of thioether (sulfide) groups is 1. The summed E-state index contributed by atoms with van der Waals surface area (Å²) in [6.45, 7) is 2.83. The molecule has 17 heavy (non-hydrogen) atoms. The van der Waals surface area contributed by atoms with E-state index in [1.54, 1.807) is 0 Å². The predicted molar refractivity (Wildman–Crippen MR) is 72.6 cm³/mol. The van der Waals surface area contributed by atoms with Gasteiger partial charge >= 0.3 is 0 Å². The van der Waals surface area contributed by atoms with Gasteiger partial charge in [0.15, 0.2) is 5.17 Å². The highest BCUT2D eigenvalue weighted by molar-refractivity contribution is 8.13. The minimum atomic E-state index is 0.493. The lowest BCUT2D eigenvalue weighted by atomic mass is 9.89. The van der Waals surface area contributed by atoms with Crippen LogP contribution in [0.3, 0.4) is 0 Å². The first-order valence-corrected chi connectivity index (χ1v) is 7.86. The molecule has 1 N–H and O–H groups in total. The van der Waals surface area contributed by atoms with Crippen LogP contribution in [0.25, 0.3) is 0 Å². The van der Waals surface area contributed by atoms with Gasteiger partial charge < -0.3 is 10.1 Å². The maximum absolute atomic E-state index is 5.49. The average molecular weight is 254 g/mol. The van der Waals surface area contributed by atoms with E-state index in [9.17, 15) is 0 Å². The van der Waals surface area contributed by atoms with Crippen molar-refractivity contribution in [1.82, 2.24) is 5.32 Å². The van der Waals surface area contributed by atoms with E-state index in [0.717, 1.165) is 24.9 Å². The van der Waals surface area contributed by atoms with E-state index in [1.807, 2.05) is 11.8 Å². The van der Waals surface area contributed by atoms with Gasteiger partial charge in [-0.1, -0.05) is 24.6 Å². The molecule has 3 rings (SSSR count). The lowest BCUT2D eigenvalue weighted by Gasteiger charge is -2.33. The molecule has 4 heteroatoms. The first-order valence-electron chi connectivity index (χ1n) is 6.88. The number of nitrogens with one attached hydrogen (secondary N) is 1. The van der Waals surface area contributed by atoms with Crippen molar-refractivity contribution < 1.29 is 4.74 Å². The molecule has 0 aromatic rings. The van der Waals surface area contributed by atoms with Crippen molar-refractivity contribution in [2.24, 2.45) is 10.4 Å². The molecule has 3 nitrogen and oxygen atoms in total. The van der Waals surface area contributed by atoms with E-state index in [1.165, 1.54) is 44.3 Å². The third-order valence-electron chi connectivity index (χ3n) is 4.23. The van der Waals surface area contributed by atoms with Crippen LogP contribution in [0.2, 0.25) is 0 Å². The van der Waals surface area contributed by atoms with Crippen molar-refractivity contribution in [3.8, 4) is 0 Å². The molecule has 0 bridgehead atoms. The fourth-order valence-corrected chi connectivity index (χ4v) is 4.32. The number of hydrogen-bond acceptors (Lipinski definition) is 4. The Kier molecular flexibility index (Phi) is 3.61. The highest BCUT2D eigenvalue weighted by Crippen LogP contribution is 2.43. The molecule has 1 saturated carbocycles. The maximum atomic E-state index is 5.49. The minimum Gasteiger partial charge on any atom is -0.379 e. The Bertz CT molecular complexity index is 294. The molecule has 2 aliphatic heterocycles. The second-order valence-corrected chi connectivity index (χ2v) is 6.64. The highest BCUT2D eigenvalue weighted by Gasteiger charge is 2.36. The molecule has 1 saturated heterocycles. The van der Waals surface area contributed by atoms with Crippen molar-refractivity contribution >= 4 is 16.9 Å². The zero-order valence-electron chi connectivity index (χ0n) is 10.4. The molecule has 2 heterocycles. The van der Waals surface area contributed by atoms with Crippen molar-refractivity contribution in [2.75, 3.05) is 25.5 Å². The molecular formula is C13H22N2OS. The van der Waals surface area contributed by atoms with Gasteiger partial charge in [-0.3, -0.25) is 4.99 Å². The summed E-state index contributed by atoms with van der Waals surface area (Å²) in [5, 5.41) is 4.72. The first kappa shape index (κ1) is 11.8. The normalized spacial score (nSPS) is 32.5. The number of rotatable bonds is 1. The SMILES string of the molecule is C1COCC(NC2=NCC3(CCCC3)CS2)C1. The van der Waals surface area contributed by atoms with Gasteiger partial charge in [0.1, 0.15) is 0 Å². The van der Waals surface area contributed by atoms with E-state index in [0.29, 0.717) is 11.5 Å². The standard InChI is InChI=1S/C13H22N2OS/c1-2-6-13(5-1)9-14-12(17-10-13)15-11-4-3-7-16-8-11/h11H,1-10H2,(H,14,15). The van der Waals surface area contributed by atoms with Crippen molar-refractivity contribution in [3.63, 3.8) is 0 Å². The number of hydrogen-bond donors (Lipinski definition) is 1. The number of amidine groups is 1. The quantitative estimate of drug-likeness (QED) is 0.780. The van der Waals surface area contributed by atoms with Gasteiger partial charge in [-0.25, -0.2) is 0 Å². The van der Waals surface area contributed by atoms with Gasteiger partial charge in [-0.2, -0.15) is 0 Å². The van der Waals surface area contributed by atoms with Crippen molar-refractivity contribution in [2.45, 2.75) is 44.6 Å². The molecule has 0 radical (unpaired) electrons. The van der Waals surface area contributed by atoms with Gasteiger partial charge in [0.05, 0.1) is 12.6 Å². The van der Waals surface area contributed by atoms with Crippen LogP contribution in [-0.2, 0) is 4.74 Å². The Morgan fingerprint density at radius 2 is 2.18 bits per heavy atom. The zero-order chi connectivity index (χ0) is 11.6. The molecule has 1 atom stereocenters. The maximum Gasteiger partial charge on any atom is 0.156 e. The second-order valence-electron chi connectivity index (χ2n) is 5.68. The van der Waals surface area contributed by atoms with Gasteiger partial charge in [0.25, 0.3) is 0 Å². The second kappa shape index (κ2) is 5.19. The number of ether oxygens (including phenoxy) is 1. The van der Waals surface area contributed by atoms with Crippen molar-refractivity contribution in [3.05, 3.63) is 0 Å². The van der Waals surface area contributed by atoms with E-state index in [4.69, 9.17) is 9.73 Å². The third-order valence-corrected chi connectivity index (χ3v) is 5.50. The van der Waals surface area contributed by atoms with Crippen LogP contribution in [0.5, 0.6) is 0 Å². The van der Waals surface area contributed by atoms with E-state index in [2.05, 4.69) is 5.32 Å². The minimum absolute atomic E-state index is 0.493. The molecule has 3 aliphatic rings. The lowest BCUT2D eigenvalue weighted by Crippen LogP contribution is -2.42. The Labute approximate surface area is 108 Å². The van der Waals surface area contributed by atoms with Crippen LogP contribution in [0, 0.1) is 5.41 Å². The monoisotopic (exact) mass is 254 g/mol. The van der Waals surface area contributed by atoms with E-state index < -0.39 is 0 Å². The molecule has 1 unspecified atom stereocenters. The van der Waals surface area contributed by atoms with Crippen LogP contribution in [0.1, 0.15) is 38.5 Å². The lowest BCUT2D eigenvalue weighted by molar-refractivity contribution is 0.0766. The molecule has 1 spiro atoms. The fraction of sp³-hybridized carbons (Fsp3) is 0.923. The number of aliphatic imine (C=N–C) groups is 1. The largest absolute Gasteiger partial charge is 0.379 e.